The number of carbonyl (C=O) groups excluding carboxylic acids is 2. The third kappa shape index (κ3) is 7.23. The van der Waals surface area contributed by atoms with Crippen molar-refractivity contribution in [2.45, 2.75) is 56.9 Å². The Morgan fingerprint density at radius 2 is 1.74 bits per heavy atom. The normalized spacial score (nSPS) is 21.9. The molecule has 0 aliphatic carbocycles. The molecule has 1 heterocycles. The number of amides is 1. The predicted molar refractivity (Wildman–Crippen MR) is 146 cm³/mol. The lowest BCUT2D eigenvalue weighted by molar-refractivity contribution is -0.268. The highest BCUT2D eigenvalue weighted by atomic mass is 32.2. The van der Waals surface area contributed by atoms with Crippen LogP contribution in [0.2, 0.25) is 0 Å². The first-order valence-electron chi connectivity index (χ1n) is 12.6. The Bertz CT molecular complexity index is 1220. The van der Waals surface area contributed by atoms with Crippen molar-refractivity contribution in [1.82, 2.24) is 0 Å². The van der Waals surface area contributed by atoms with E-state index in [1.165, 1.54) is 18.7 Å². The zero-order chi connectivity index (χ0) is 27.1. The number of carbonyl (C=O) groups is 2. The lowest BCUT2D eigenvalue weighted by Crippen LogP contribution is -2.38. The SMILES string of the molecule is CC(=O)O[C@@H](C)C(=O)Nc1cccc([C@@H]2O[C@H](CSc3ccccc3)[C@H](C)[C@H](c3ccc(CO)cc3)O2)c1. The summed E-state index contributed by atoms with van der Waals surface area (Å²) in [5.74, 6) is -0.130. The number of esters is 1. The molecule has 1 saturated heterocycles. The highest BCUT2D eigenvalue weighted by Gasteiger charge is 2.38. The second-order valence-corrected chi connectivity index (χ2v) is 10.4. The fourth-order valence-electron chi connectivity index (χ4n) is 4.31. The van der Waals surface area contributed by atoms with E-state index < -0.39 is 24.3 Å². The van der Waals surface area contributed by atoms with E-state index in [1.54, 1.807) is 17.8 Å². The van der Waals surface area contributed by atoms with Gasteiger partial charge in [-0.25, -0.2) is 0 Å². The van der Waals surface area contributed by atoms with Crippen molar-refractivity contribution in [3.8, 4) is 0 Å². The van der Waals surface area contributed by atoms with Crippen LogP contribution in [-0.4, -0.2) is 34.9 Å². The Morgan fingerprint density at radius 3 is 2.42 bits per heavy atom. The summed E-state index contributed by atoms with van der Waals surface area (Å²) in [6, 6.07) is 25.3. The molecule has 38 heavy (non-hydrogen) atoms. The minimum atomic E-state index is -0.912. The lowest BCUT2D eigenvalue weighted by atomic mass is 9.91. The molecule has 0 radical (unpaired) electrons. The van der Waals surface area contributed by atoms with Crippen LogP contribution in [0.1, 0.15) is 49.9 Å². The molecule has 0 aromatic heterocycles. The molecule has 1 fully saturated rings. The fraction of sp³-hybridized carbons (Fsp3) is 0.333. The second-order valence-electron chi connectivity index (χ2n) is 9.31. The van der Waals surface area contributed by atoms with Gasteiger partial charge in [-0.05, 0) is 42.3 Å². The molecule has 0 spiro atoms. The van der Waals surface area contributed by atoms with Crippen LogP contribution in [0.25, 0.3) is 0 Å². The van der Waals surface area contributed by atoms with Gasteiger partial charge in [-0.1, -0.05) is 61.5 Å². The average molecular weight is 536 g/mol. The number of nitrogens with one attached hydrogen (secondary N) is 1. The van der Waals surface area contributed by atoms with E-state index in [0.29, 0.717) is 5.69 Å². The molecule has 8 heteroatoms. The first-order valence-corrected chi connectivity index (χ1v) is 13.6. The van der Waals surface area contributed by atoms with Crippen LogP contribution in [0.4, 0.5) is 5.69 Å². The molecule has 1 aliphatic heterocycles. The third-order valence-electron chi connectivity index (χ3n) is 6.42. The zero-order valence-corrected chi connectivity index (χ0v) is 22.5. The summed E-state index contributed by atoms with van der Waals surface area (Å²) >= 11 is 1.74. The summed E-state index contributed by atoms with van der Waals surface area (Å²) < 4.78 is 18.0. The van der Waals surface area contributed by atoms with Gasteiger partial charge in [0, 0.05) is 34.7 Å². The first kappa shape index (κ1) is 27.9. The molecule has 1 amide bonds. The Balaban J connectivity index is 1.56. The van der Waals surface area contributed by atoms with Crippen molar-refractivity contribution in [2.75, 3.05) is 11.1 Å². The molecule has 0 unspecified atom stereocenters. The summed E-state index contributed by atoms with van der Waals surface area (Å²) in [5.41, 5.74) is 3.17. The molecule has 1 aliphatic rings. The first-order chi connectivity index (χ1) is 18.3. The molecule has 2 N–H and O–H groups in total. The third-order valence-corrected chi connectivity index (χ3v) is 7.52. The molecule has 0 saturated carbocycles. The van der Waals surface area contributed by atoms with Gasteiger partial charge in [0.1, 0.15) is 0 Å². The van der Waals surface area contributed by atoms with E-state index in [2.05, 4.69) is 24.4 Å². The Morgan fingerprint density at radius 1 is 1.00 bits per heavy atom. The highest BCUT2D eigenvalue weighted by molar-refractivity contribution is 7.99. The van der Waals surface area contributed by atoms with E-state index in [0.717, 1.165) is 22.4 Å². The maximum absolute atomic E-state index is 12.5. The van der Waals surface area contributed by atoms with Gasteiger partial charge in [-0.15, -0.1) is 11.8 Å². The molecular weight excluding hydrogens is 502 g/mol. The lowest BCUT2D eigenvalue weighted by Gasteiger charge is -2.41. The van der Waals surface area contributed by atoms with Crippen molar-refractivity contribution in [2.24, 2.45) is 5.92 Å². The van der Waals surface area contributed by atoms with Crippen molar-refractivity contribution in [1.29, 1.82) is 0 Å². The fourth-order valence-corrected chi connectivity index (χ4v) is 5.40. The number of hydrogen-bond donors (Lipinski definition) is 2. The van der Waals surface area contributed by atoms with Crippen LogP contribution in [0.15, 0.2) is 83.8 Å². The number of thioether (sulfide) groups is 1. The second kappa shape index (κ2) is 13.1. The van der Waals surface area contributed by atoms with Gasteiger partial charge in [0.15, 0.2) is 12.4 Å². The van der Waals surface area contributed by atoms with Gasteiger partial charge >= 0.3 is 5.97 Å². The minimum absolute atomic E-state index is 0.0159. The molecule has 200 valence electrons. The summed E-state index contributed by atoms with van der Waals surface area (Å²) in [6.07, 6.45) is -1.91. The number of ether oxygens (including phenoxy) is 3. The standard InChI is InChI=1S/C30H33NO6S/c1-19-27(18-38-26-10-5-4-6-11-26)36-30(37-28(19)23-14-12-22(17-32)13-15-23)24-8-7-9-25(16-24)31-29(34)20(2)35-21(3)33/h4-16,19-20,27-28,30,32H,17-18H2,1-3H3,(H,31,34)/t19-,20-,27+,28+,30+/m0/s1. The van der Waals surface area contributed by atoms with Crippen molar-refractivity contribution >= 4 is 29.3 Å². The van der Waals surface area contributed by atoms with E-state index in [-0.39, 0.29) is 24.7 Å². The van der Waals surface area contributed by atoms with Crippen molar-refractivity contribution in [3.05, 3.63) is 95.6 Å². The molecule has 0 bridgehead atoms. The van der Waals surface area contributed by atoms with Gasteiger partial charge < -0.3 is 24.6 Å². The van der Waals surface area contributed by atoms with Crippen LogP contribution in [0.5, 0.6) is 0 Å². The monoisotopic (exact) mass is 535 g/mol. The van der Waals surface area contributed by atoms with E-state index in [1.807, 2.05) is 60.7 Å². The highest BCUT2D eigenvalue weighted by Crippen LogP contribution is 2.43. The minimum Gasteiger partial charge on any atom is -0.453 e. The molecule has 7 nitrogen and oxygen atoms in total. The molecule has 3 aromatic rings. The van der Waals surface area contributed by atoms with Crippen molar-refractivity contribution in [3.63, 3.8) is 0 Å². The summed E-state index contributed by atoms with van der Waals surface area (Å²) in [6.45, 7) is 4.91. The van der Waals surface area contributed by atoms with Crippen LogP contribution < -0.4 is 5.32 Å². The maximum atomic E-state index is 12.5. The van der Waals surface area contributed by atoms with Crippen LogP contribution in [-0.2, 0) is 30.4 Å². The summed E-state index contributed by atoms with van der Waals surface area (Å²) in [4.78, 5) is 24.8. The number of benzene rings is 3. The van der Waals surface area contributed by atoms with Gasteiger partial charge in [-0.2, -0.15) is 0 Å². The smallest absolute Gasteiger partial charge is 0.303 e. The van der Waals surface area contributed by atoms with Gasteiger partial charge in [0.05, 0.1) is 18.8 Å². The number of aliphatic hydroxyl groups excluding tert-OH is 1. The Labute approximate surface area is 227 Å². The average Bonchev–Trinajstić information content (AvgIpc) is 2.93. The predicted octanol–water partition coefficient (Wildman–Crippen LogP) is 5.65. The molecule has 4 rings (SSSR count). The van der Waals surface area contributed by atoms with Gasteiger partial charge in [0.2, 0.25) is 0 Å². The number of anilines is 1. The number of hydrogen-bond acceptors (Lipinski definition) is 7. The molecule has 3 aromatic carbocycles. The quantitative estimate of drug-likeness (QED) is 0.270. The maximum Gasteiger partial charge on any atom is 0.303 e. The largest absolute Gasteiger partial charge is 0.453 e. The zero-order valence-electron chi connectivity index (χ0n) is 21.7. The molecule has 5 atom stereocenters. The summed E-state index contributed by atoms with van der Waals surface area (Å²) in [5, 5.41) is 12.3. The van der Waals surface area contributed by atoms with E-state index in [4.69, 9.17) is 14.2 Å². The van der Waals surface area contributed by atoms with Crippen LogP contribution in [0.3, 0.4) is 0 Å². The Hall–Kier alpha value is -3.17. The van der Waals surface area contributed by atoms with E-state index in [9.17, 15) is 14.7 Å². The number of aliphatic hydroxyl groups is 1. The van der Waals surface area contributed by atoms with Crippen LogP contribution >= 0.6 is 11.8 Å². The molecular formula is C30H33NO6S. The number of rotatable bonds is 9. The summed E-state index contributed by atoms with van der Waals surface area (Å²) in [7, 11) is 0. The van der Waals surface area contributed by atoms with Gasteiger partial charge in [-0.3, -0.25) is 9.59 Å². The van der Waals surface area contributed by atoms with Crippen molar-refractivity contribution < 1.29 is 28.9 Å². The van der Waals surface area contributed by atoms with E-state index >= 15 is 0 Å². The Kier molecular flexibility index (Phi) is 9.58. The van der Waals surface area contributed by atoms with Crippen LogP contribution in [0, 0.1) is 5.92 Å². The van der Waals surface area contributed by atoms with Gasteiger partial charge in [0.25, 0.3) is 5.91 Å². The topological polar surface area (TPSA) is 94.1 Å².